The molecule has 0 bridgehead atoms. The van der Waals surface area contributed by atoms with E-state index in [-0.39, 0.29) is 5.91 Å². The summed E-state index contributed by atoms with van der Waals surface area (Å²) in [6, 6.07) is 12.8. The third kappa shape index (κ3) is 3.06. The van der Waals surface area contributed by atoms with E-state index in [9.17, 15) is 4.79 Å². The van der Waals surface area contributed by atoms with Gasteiger partial charge in [0.25, 0.3) is 5.91 Å². The van der Waals surface area contributed by atoms with Crippen LogP contribution >= 0.6 is 11.6 Å². The Bertz CT molecular complexity index is 611. The molecule has 0 aliphatic heterocycles. The molecule has 0 radical (unpaired) electrons. The summed E-state index contributed by atoms with van der Waals surface area (Å²) in [4.78, 5) is 12.3. The van der Waals surface area contributed by atoms with Gasteiger partial charge in [-0.2, -0.15) is 0 Å². The molecule has 19 heavy (non-hydrogen) atoms. The molecule has 2 aromatic rings. The number of halogens is 1. The number of carbonyl (C=O) groups is 1. The molecule has 2 aromatic carbocycles. The van der Waals surface area contributed by atoms with Crippen LogP contribution in [0.1, 0.15) is 15.9 Å². The van der Waals surface area contributed by atoms with Crippen LogP contribution in [0.2, 0.25) is 5.02 Å². The van der Waals surface area contributed by atoms with Gasteiger partial charge in [-0.05, 0) is 36.8 Å². The van der Waals surface area contributed by atoms with Crippen LogP contribution in [-0.2, 0) is 0 Å². The predicted octanol–water partition coefficient (Wildman–Crippen LogP) is 3.94. The first-order chi connectivity index (χ1) is 9.11. The standard InChI is InChI=1S/C15H15ClN2O/c1-10-7-8-11(16)9-14(10)18-15(19)12-5-3-4-6-13(12)17-2/h3-9,17H,1-2H3,(H,18,19). The molecule has 0 aliphatic rings. The molecule has 0 saturated heterocycles. The van der Waals surface area contributed by atoms with Crippen molar-refractivity contribution in [3.63, 3.8) is 0 Å². The summed E-state index contributed by atoms with van der Waals surface area (Å²) < 4.78 is 0. The zero-order valence-corrected chi connectivity index (χ0v) is 11.6. The van der Waals surface area contributed by atoms with Gasteiger partial charge in [0, 0.05) is 23.4 Å². The molecule has 3 nitrogen and oxygen atoms in total. The molecule has 0 saturated carbocycles. The third-order valence-corrected chi connectivity index (χ3v) is 3.12. The van der Waals surface area contributed by atoms with E-state index in [0.29, 0.717) is 10.6 Å². The SMILES string of the molecule is CNc1ccccc1C(=O)Nc1cc(Cl)ccc1C. The van der Waals surface area contributed by atoms with Crippen molar-refractivity contribution in [1.29, 1.82) is 0 Å². The van der Waals surface area contributed by atoms with E-state index in [4.69, 9.17) is 11.6 Å². The number of hydrogen-bond donors (Lipinski definition) is 2. The van der Waals surface area contributed by atoms with Crippen LogP contribution in [-0.4, -0.2) is 13.0 Å². The Morgan fingerprint density at radius 1 is 1.11 bits per heavy atom. The highest BCUT2D eigenvalue weighted by atomic mass is 35.5. The van der Waals surface area contributed by atoms with Crippen LogP contribution < -0.4 is 10.6 Å². The minimum absolute atomic E-state index is 0.157. The van der Waals surface area contributed by atoms with Crippen molar-refractivity contribution in [2.24, 2.45) is 0 Å². The average molecular weight is 275 g/mol. The van der Waals surface area contributed by atoms with Crippen molar-refractivity contribution in [1.82, 2.24) is 0 Å². The molecule has 2 N–H and O–H groups in total. The lowest BCUT2D eigenvalue weighted by atomic mass is 10.1. The highest BCUT2D eigenvalue weighted by molar-refractivity contribution is 6.31. The van der Waals surface area contributed by atoms with Gasteiger partial charge >= 0.3 is 0 Å². The molecule has 2 rings (SSSR count). The van der Waals surface area contributed by atoms with E-state index in [1.54, 1.807) is 25.2 Å². The van der Waals surface area contributed by atoms with Crippen LogP contribution in [0.3, 0.4) is 0 Å². The van der Waals surface area contributed by atoms with Gasteiger partial charge in [-0.1, -0.05) is 29.8 Å². The second kappa shape index (κ2) is 5.76. The first-order valence-corrected chi connectivity index (χ1v) is 6.34. The molecule has 4 heteroatoms. The van der Waals surface area contributed by atoms with Crippen LogP contribution in [0.25, 0.3) is 0 Å². The lowest BCUT2D eigenvalue weighted by Crippen LogP contribution is -2.14. The number of benzene rings is 2. The number of anilines is 2. The predicted molar refractivity (Wildman–Crippen MR) is 80.1 cm³/mol. The Labute approximate surface area is 117 Å². The Hall–Kier alpha value is -2.00. The van der Waals surface area contributed by atoms with Crippen molar-refractivity contribution in [3.8, 4) is 0 Å². The summed E-state index contributed by atoms with van der Waals surface area (Å²) in [6.07, 6.45) is 0. The molecule has 0 unspecified atom stereocenters. The minimum Gasteiger partial charge on any atom is -0.387 e. The summed E-state index contributed by atoms with van der Waals surface area (Å²) in [6.45, 7) is 1.93. The average Bonchev–Trinajstić information content (AvgIpc) is 2.42. The first kappa shape index (κ1) is 13.4. The second-order valence-electron chi connectivity index (χ2n) is 4.21. The molecule has 0 aromatic heterocycles. The van der Waals surface area contributed by atoms with E-state index >= 15 is 0 Å². The smallest absolute Gasteiger partial charge is 0.257 e. The largest absolute Gasteiger partial charge is 0.387 e. The molecule has 98 valence electrons. The quantitative estimate of drug-likeness (QED) is 0.890. The Morgan fingerprint density at radius 3 is 2.58 bits per heavy atom. The highest BCUT2D eigenvalue weighted by Gasteiger charge is 2.11. The van der Waals surface area contributed by atoms with Gasteiger partial charge in [0.1, 0.15) is 0 Å². The number of nitrogens with one attached hydrogen (secondary N) is 2. The maximum Gasteiger partial charge on any atom is 0.257 e. The molecule has 0 fully saturated rings. The number of rotatable bonds is 3. The highest BCUT2D eigenvalue weighted by Crippen LogP contribution is 2.22. The van der Waals surface area contributed by atoms with Crippen LogP contribution in [0.15, 0.2) is 42.5 Å². The summed E-state index contributed by atoms with van der Waals surface area (Å²) >= 11 is 5.94. The van der Waals surface area contributed by atoms with E-state index in [2.05, 4.69) is 10.6 Å². The van der Waals surface area contributed by atoms with Crippen LogP contribution in [0.4, 0.5) is 11.4 Å². The number of amides is 1. The van der Waals surface area contributed by atoms with Gasteiger partial charge in [0.2, 0.25) is 0 Å². The molecular weight excluding hydrogens is 260 g/mol. The van der Waals surface area contributed by atoms with Crippen molar-refractivity contribution < 1.29 is 4.79 Å². The summed E-state index contributed by atoms with van der Waals surface area (Å²) in [5.74, 6) is -0.157. The summed E-state index contributed by atoms with van der Waals surface area (Å²) in [5, 5.41) is 6.48. The maximum atomic E-state index is 12.3. The molecule has 0 aliphatic carbocycles. The van der Waals surface area contributed by atoms with Gasteiger partial charge in [-0.25, -0.2) is 0 Å². The minimum atomic E-state index is -0.157. The fraction of sp³-hybridized carbons (Fsp3) is 0.133. The molecular formula is C15H15ClN2O. The second-order valence-corrected chi connectivity index (χ2v) is 4.65. The summed E-state index contributed by atoms with van der Waals surface area (Å²) in [7, 11) is 1.79. The number of aryl methyl sites for hydroxylation is 1. The topological polar surface area (TPSA) is 41.1 Å². The van der Waals surface area contributed by atoms with E-state index in [1.165, 1.54) is 0 Å². The normalized spacial score (nSPS) is 10.1. The van der Waals surface area contributed by atoms with Crippen LogP contribution in [0, 0.1) is 6.92 Å². The lowest BCUT2D eigenvalue weighted by Gasteiger charge is -2.11. The maximum absolute atomic E-state index is 12.3. The van der Waals surface area contributed by atoms with Gasteiger partial charge in [-0.3, -0.25) is 4.79 Å². The van der Waals surface area contributed by atoms with Crippen LogP contribution in [0.5, 0.6) is 0 Å². The molecule has 0 spiro atoms. The molecule has 0 heterocycles. The van der Waals surface area contributed by atoms with Crippen molar-refractivity contribution in [2.75, 3.05) is 17.7 Å². The fourth-order valence-electron chi connectivity index (χ4n) is 1.82. The Morgan fingerprint density at radius 2 is 1.84 bits per heavy atom. The van der Waals surface area contributed by atoms with Gasteiger partial charge in [0.15, 0.2) is 0 Å². The monoisotopic (exact) mass is 274 g/mol. The van der Waals surface area contributed by atoms with Gasteiger partial charge in [-0.15, -0.1) is 0 Å². The van der Waals surface area contributed by atoms with Crippen molar-refractivity contribution in [3.05, 3.63) is 58.6 Å². The Kier molecular flexibility index (Phi) is 4.07. The van der Waals surface area contributed by atoms with Gasteiger partial charge < -0.3 is 10.6 Å². The molecule has 0 atom stereocenters. The molecule has 1 amide bonds. The van der Waals surface area contributed by atoms with Gasteiger partial charge in [0.05, 0.1) is 5.56 Å². The van der Waals surface area contributed by atoms with Crippen molar-refractivity contribution in [2.45, 2.75) is 6.92 Å². The number of para-hydroxylation sites is 1. The zero-order valence-electron chi connectivity index (χ0n) is 10.8. The van der Waals surface area contributed by atoms with E-state index in [1.807, 2.05) is 31.2 Å². The van der Waals surface area contributed by atoms with E-state index in [0.717, 1.165) is 16.9 Å². The zero-order chi connectivity index (χ0) is 13.8. The first-order valence-electron chi connectivity index (χ1n) is 5.96. The number of hydrogen-bond acceptors (Lipinski definition) is 2. The number of carbonyl (C=O) groups excluding carboxylic acids is 1. The summed E-state index contributed by atoms with van der Waals surface area (Å²) in [5.41, 5.74) is 3.09. The lowest BCUT2D eigenvalue weighted by molar-refractivity contribution is 0.102. The van der Waals surface area contributed by atoms with E-state index < -0.39 is 0 Å². The fourth-order valence-corrected chi connectivity index (χ4v) is 1.99. The third-order valence-electron chi connectivity index (χ3n) is 2.89. The van der Waals surface area contributed by atoms with Crippen molar-refractivity contribution >= 4 is 28.9 Å². The Balaban J connectivity index is 2.28.